The van der Waals surface area contributed by atoms with Gasteiger partial charge in [-0.1, -0.05) is 30.8 Å². The number of rotatable bonds is 4. The smallest absolute Gasteiger partial charge is 0.291 e. The Kier molecular flexibility index (Phi) is 5.07. The molecular weight excluding hydrogens is 392 g/mol. The highest BCUT2D eigenvalue weighted by molar-refractivity contribution is 7.99. The minimum atomic E-state index is -0.481. The van der Waals surface area contributed by atoms with Gasteiger partial charge in [0.2, 0.25) is 11.1 Å². The summed E-state index contributed by atoms with van der Waals surface area (Å²) in [6.45, 7) is 5.66. The van der Waals surface area contributed by atoms with E-state index in [1.165, 1.54) is 11.8 Å². The second-order valence-corrected chi connectivity index (χ2v) is 8.68. The zero-order valence-corrected chi connectivity index (χ0v) is 17.6. The van der Waals surface area contributed by atoms with Crippen LogP contribution in [0.5, 0.6) is 0 Å². The van der Waals surface area contributed by atoms with Crippen LogP contribution in [-0.4, -0.2) is 21.7 Å². The molecule has 1 amide bonds. The number of aromatic amines is 1. The van der Waals surface area contributed by atoms with Gasteiger partial charge in [-0.05, 0) is 47.2 Å². The van der Waals surface area contributed by atoms with E-state index in [1.54, 1.807) is 27.8 Å². The Labute approximate surface area is 171 Å². The summed E-state index contributed by atoms with van der Waals surface area (Å²) in [7, 11) is 0. The Morgan fingerprint density at radius 2 is 2.14 bits per heavy atom. The number of aryl methyl sites for hydroxylation is 1. The maximum Gasteiger partial charge on any atom is 0.325 e. The van der Waals surface area contributed by atoms with E-state index in [-0.39, 0.29) is 11.5 Å². The Hall–Kier alpha value is -2.45. The lowest BCUT2D eigenvalue weighted by atomic mass is 10.0. The minimum Gasteiger partial charge on any atom is -0.291 e. The number of hydrogen-bond donors (Lipinski definition) is 1. The van der Waals surface area contributed by atoms with Crippen LogP contribution in [0.2, 0.25) is 0 Å². The standard InChI is InChI=1S/C20H20N4O2S2/c1-4-10-28-20-21-18(26)16-14-7-5-6-8-15(14)23(13(3)25)19(24(16)22-20)17-12(2)9-11-27-17/h5-9,11,19H,4,10H2,1-3H3/p+1/t19-/m1/s1. The van der Waals surface area contributed by atoms with Gasteiger partial charge in [-0.2, -0.15) is 0 Å². The lowest BCUT2D eigenvalue weighted by Crippen LogP contribution is -2.60. The average molecular weight is 414 g/mol. The molecule has 144 valence electrons. The number of thiophene rings is 1. The highest BCUT2D eigenvalue weighted by Gasteiger charge is 2.45. The third-order valence-corrected chi connectivity index (χ3v) is 6.80. The Morgan fingerprint density at radius 1 is 1.36 bits per heavy atom. The third-order valence-electron chi connectivity index (χ3n) is 4.68. The number of carbonyl (C=O) groups excluding carboxylic acids is 1. The summed E-state index contributed by atoms with van der Waals surface area (Å²) >= 11 is 3.09. The van der Waals surface area contributed by atoms with Crippen LogP contribution in [-0.2, 0) is 4.79 Å². The molecule has 1 N–H and O–H groups in total. The van der Waals surface area contributed by atoms with Gasteiger partial charge in [0, 0.05) is 17.8 Å². The summed E-state index contributed by atoms with van der Waals surface area (Å²) in [6.07, 6.45) is 0.497. The maximum absolute atomic E-state index is 13.1. The number of anilines is 1. The molecule has 3 heterocycles. The molecule has 0 fully saturated rings. The molecular formula is C20H21N4O2S2+. The van der Waals surface area contributed by atoms with Crippen LogP contribution >= 0.6 is 23.1 Å². The number of H-pyrrole nitrogens is 1. The van der Waals surface area contributed by atoms with Gasteiger partial charge < -0.3 is 0 Å². The van der Waals surface area contributed by atoms with Crippen LogP contribution in [0.15, 0.2) is 45.7 Å². The number of nitrogens with one attached hydrogen (secondary N) is 1. The van der Waals surface area contributed by atoms with Gasteiger partial charge in [0.15, 0.2) is 0 Å². The van der Waals surface area contributed by atoms with Gasteiger partial charge in [0.25, 0.3) is 0 Å². The van der Waals surface area contributed by atoms with Crippen molar-refractivity contribution < 1.29 is 9.48 Å². The van der Waals surface area contributed by atoms with Gasteiger partial charge in [0.05, 0.1) is 11.3 Å². The number of amides is 1. The van der Waals surface area contributed by atoms with Crippen molar-refractivity contribution in [2.24, 2.45) is 0 Å². The summed E-state index contributed by atoms with van der Waals surface area (Å²) in [4.78, 5) is 31.4. The molecule has 1 atom stereocenters. The van der Waals surface area contributed by atoms with Crippen molar-refractivity contribution in [2.45, 2.75) is 38.5 Å². The third kappa shape index (κ3) is 3.06. The van der Waals surface area contributed by atoms with Crippen LogP contribution in [0.3, 0.4) is 0 Å². The quantitative estimate of drug-likeness (QED) is 0.525. The van der Waals surface area contributed by atoms with E-state index < -0.39 is 6.17 Å². The zero-order valence-electron chi connectivity index (χ0n) is 15.9. The molecule has 0 unspecified atom stereocenters. The van der Waals surface area contributed by atoms with Gasteiger partial charge in [-0.25, -0.2) is 4.90 Å². The fraction of sp³-hybridized carbons (Fsp3) is 0.300. The van der Waals surface area contributed by atoms with E-state index in [9.17, 15) is 9.59 Å². The number of aromatic nitrogens is 3. The molecule has 1 aromatic carbocycles. The fourth-order valence-corrected chi connectivity index (χ4v) is 5.17. The topological polar surface area (TPSA) is 69.9 Å². The van der Waals surface area contributed by atoms with Crippen molar-refractivity contribution in [1.29, 1.82) is 0 Å². The average Bonchev–Trinajstić information content (AvgIpc) is 3.10. The summed E-state index contributed by atoms with van der Waals surface area (Å²) in [5, 5.41) is 7.33. The largest absolute Gasteiger partial charge is 0.325 e. The van der Waals surface area contributed by atoms with Gasteiger partial charge in [-0.15, -0.1) is 11.3 Å². The molecule has 0 saturated carbocycles. The second kappa shape index (κ2) is 7.52. The van der Waals surface area contributed by atoms with E-state index in [0.717, 1.165) is 28.3 Å². The Bertz CT molecular complexity index is 1110. The van der Waals surface area contributed by atoms with Crippen molar-refractivity contribution >= 4 is 34.7 Å². The van der Waals surface area contributed by atoms with Gasteiger partial charge in [-0.3, -0.25) is 14.6 Å². The predicted molar refractivity (Wildman–Crippen MR) is 112 cm³/mol. The number of nitrogens with zero attached hydrogens (tertiary/aromatic N) is 3. The summed E-state index contributed by atoms with van der Waals surface area (Å²) in [5.74, 6) is 0.770. The van der Waals surface area contributed by atoms with E-state index in [0.29, 0.717) is 16.4 Å². The van der Waals surface area contributed by atoms with Crippen molar-refractivity contribution in [1.82, 2.24) is 10.1 Å². The molecule has 1 aliphatic heterocycles. The lowest BCUT2D eigenvalue weighted by Gasteiger charge is -2.31. The van der Waals surface area contributed by atoms with Crippen LogP contribution in [0.25, 0.3) is 11.3 Å². The molecule has 0 spiro atoms. The molecule has 0 saturated heterocycles. The van der Waals surface area contributed by atoms with Gasteiger partial charge >= 0.3 is 17.4 Å². The molecule has 28 heavy (non-hydrogen) atoms. The summed E-state index contributed by atoms with van der Waals surface area (Å²) < 4.78 is 1.72. The number of hydrogen-bond acceptors (Lipinski definition) is 5. The highest BCUT2D eigenvalue weighted by atomic mass is 32.2. The fourth-order valence-electron chi connectivity index (χ4n) is 3.46. The maximum atomic E-state index is 13.1. The molecule has 6 nitrogen and oxygen atoms in total. The van der Waals surface area contributed by atoms with E-state index in [2.05, 4.69) is 11.9 Å². The van der Waals surface area contributed by atoms with Crippen LogP contribution < -0.4 is 15.1 Å². The summed E-state index contributed by atoms with van der Waals surface area (Å²) in [6, 6.07) is 9.53. The first-order chi connectivity index (χ1) is 13.5. The van der Waals surface area contributed by atoms with Gasteiger partial charge in [0.1, 0.15) is 4.88 Å². The monoisotopic (exact) mass is 413 g/mol. The molecule has 3 aromatic rings. The predicted octanol–water partition coefficient (Wildman–Crippen LogP) is 3.51. The second-order valence-electron chi connectivity index (χ2n) is 6.65. The van der Waals surface area contributed by atoms with Crippen LogP contribution in [0.1, 0.15) is 36.9 Å². The minimum absolute atomic E-state index is 0.0896. The first kappa shape index (κ1) is 18.9. The first-order valence-electron chi connectivity index (χ1n) is 9.15. The molecule has 2 aromatic heterocycles. The van der Waals surface area contributed by atoms with Crippen molar-refractivity contribution in [3.63, 3.8) is 0 Å². The number of benzene rings is 1. The molecule has 0 aliphatic carbocycles. The molecule has 1 aliphatic rings. The SMILES string of the molecule is CCCSc1n[n+]2c(c(=O)[nH]1)-c1ccccc1N(C(C)=O)[C@H]2c1sccc1C. The van der Waals surface area contributed by atoms with Crippen molar-refractivity contribution in [3.8, 4) is 11.3 Å². The lowest BCUT2D eigenvalue weighted by molar-refractivity contribution is -0.762. The number of carbonyl (C=O) groups is 1. The van der Waals surface area contributed by atoms with Crippen LogP contribution in [0, 0.1) is 6.92 Å². The number of thioether (sulfide) groups is 1. The van der Waals surface area contributed by atoms with E-state index in [1.807, 2.05) is 42.6 Å². The first-order valence-corrected chi connectivity index (χ1v) is 11.0. The highest BCUT2D eigenvalue weighted by Crippen LogP contribution is 2.39. The number of fused-ring (bicyclic) bond motifs is 3. The van der Waals surface area contributed by atoms with Crippen LogP contribution in [0.4, 0.5) is 5.69 Å². The van der Waals surface area contributed by atoms with Crippen molar-refractivity contribution in [2.75, 3.05) is 10.7 Å². The zero-order chi connectivity index (χ0) is 19.8. The molecule has 0 radical (unpaired) electrons. The Morgan fingerprint density at radius 3 is 2.82 bits per heavy atom. The summed E-state index contributed by atoms with van der Waals surface area (Å²) in [5.41, 5.74) is 2.80. The van der Waals surface area contributed by atoms with Crippen molar-refractivity contribution in [3.05, 3.63) is 56.5 Å². The molecule has 8 heteroatoms. The van der Waals surface area contributed by atoms with E-state index >= 15 is 0 Å². The normalized spacial score (nSPS) is 15.2. The molecule has 4 rings (SSSR count). The molecule has 0 bridgehead atoms. The van der Waals surface area contributed by atoms with E-state index in [4.69, 9.17) is 5.10 Å². The number of para-hydroxylation sites is 1. The Balaban J connectivity index is 2.04.